The van der Waals surface area contributed by atoms with Crippen LogP contribution in [0.5, 0.6) is 0 Å². The Morgan fingerprint density at radius 3 is 2.68 bits per heavy atom. The predicted octanol–water partition coefficient (Wildman–Crippen LogP) is -0.136. The fraction of sp³-hybridized carbons (Fsp3) is 0.583. The van der Waals surface area contributed by atoms with Crippen LogP contribution in [0.4, 0.5) is 5.95 Å². The third-order valence-electron chi connectivity index (χ3n) is 3.41. The molecule has 3 rings (SSSR count). The van der Waals surface area contributed by atoms with Crippen LogP contribution >= 0.6 is 11.6 Å². The molecule has 1 fully saturated rings. The second-order valence-corrected chi connectivity index (χ2v) is 5.49. The van der Waals surface area contributed by atoms with Crippen LogP contribution in [-0.4, -0.2) is 68.5 Å². The van der Waals surface area contributed by atoms with E-state index < -0.39 is 0 Å². The van der Waals surface area contributed by atoms with Gasteiger partial charge in [0.1, 0.15) is 11.7 Å². The number of nitrogens with two attached hydrogens (primary N) is 1. The summed E-state index contributed by atoms with van der Waals surface area (Å²) >= 11 is 6.01. The molecule has 0 aliphatic carbocycles. The summed E-state index contributed by atoms with van der Waals surface area (Å²) in [6, 6.07) is 0. The topological polar surface area (TPSA) is 118 Å². The van der Waals surface area contributed by atoms with Crippen molar-refractivity contribution < 1.29 is 19.1 Å². The van der Waals surface area contributed by atoms with Gasteiger partial charge in [-0.2, -0.15) is 9.97 Å². The Morgan fingerprint density at radius 2 is 2.08 bits per heavy atom. The Balaban J connectivity index is 0.000000567. The number of rotatable bonds is 3. The predicted molar refractivity (Wildman–Crippen MR) is 94.9 cm³/mol. The smallest absolute Gasteiger partial charge is 0.282 e. The molecular formula is C12H17B3ClN5O4. The summed E-state index contributed by atoms with van der Waals surface area (Å²) in [5, 5.41) is 6.73. The third kappa shape index (κ3) is 5.32. The normalized spacial score (nSPS) is 22.0. The zero-order valence-corrected chi connectivity index (χ0v) is 14.6. The number of imidazole rings is 1. The Bertz CT molecular complexity index is 665. The highest BCUT2D eigenvalue weighted by Crippen LogP contribution is 2.36. The number of hydrogen-bond donors (Lipinski definition) is 2. The van der Waals surface area contributed by atoms with Crippen molar-refractivity contribution >= 4 is 52.9 Å². The molecule has 1 aliphatic rings. The lowest BCUT2D eigenvalue weighted by Gasteiger charge is -2.17. The highest BCUT2D eigenvalue weighted by atomic mass is 35.5. The van der Waals surface area contributed by atoms with Gasteiger partial charge < -0.3 is 24.8 Å². The second kappa shape index (κ2) is 10.6. The Labute approximate surface area is 154 Å². The fourth-order valence-electron chi connectivity index (χ4n) is 2.56. The van der Waals surface area contributed by atoms with Crippen molar-refractivity contribution in [2.24, 2.45) is 5.92 Å². The van der Waals surface area contributed by atoms with Crippen molar-refractivity contribution in [3.8, 4) is 0 Å². The average Bonchev–Trinajstić information content (AvgIpc) is 3.14. The van der Waals surface area contributed by atoms with E-state index in [-0.39, 0.29) is 29.4 Å². The van der Waals surface area contributed by atoms with E-state index in [4.69, 9.17) is 35.1 Å². The fourth-order valence-corrected chi connectivity index (χ4v) is 2.78. The lowest BCUT2D eigenvalue weighted by molar-refractivity contribution is -0.0241. The van der Waals surface area contributed by atoms with E-state index in [2.05, 4.69) is 47.3 Å². The summed E-state index contributed by atoms with van der Waals surface area (Å²) < 4.78 is 16.1. The molecule has 3 N–H and O–H groups in total. The zero-order valence-electron chi connectivity index (χ0n) is 13.9. The van der Waals surface area contributed by atoms with Gasteiger partial charge in [0, 0.05) is 13.0 Å². The molecule has 2 aromatic heterocycles. The zero-order chi connectivity index (χ0) is 19.0. The van der Waals surface area contributed by atoms with E-state index in [0.717, 1.165) is 6.42 Å². The molecule has 0 amide bonds. The largest absolute Gasteiger partial charge is 0.461 e. The van der Waals surface area contributed by atoms with Gasteiger partial charge in [-0.3, -0.25) is 4.57 Å². The third-order valence-corrected chi connectivity index (χ3v) is 3.67. The quantitative estimate of drug-likeness (QED) is 0.572. The summed E-state index contributed by atoms with van der Waals surface area (Å²) in [6.45, 7) is 2.44. The molecule has 0 spiro atoms. The molecule has 3 unspecified atom stereocenters. The van der Waals surface area contributed by atoms with Gasteiger partial charge in [-0.1, -0.05) is 18.5 Å². The number of aromatic nitrogens is 4. The van der Waals surface area contributed by atoms with Crippen LogP contribution < -0.4 is 5.73 Å². The maximum atomic E-state index is 6.50. The Kier molecular flexibility index (Phi) is 9.22. The van der Waals surface area contributed by atoms with E-state index >= 15 is 0 Å². The number of anilines is 1. The van der Waals surface area contributed by atoms with Gasteiger partial charge in [0.15, 0.2) is 10.8 Å². The molecule has 2 aromatic rings. The number of fused-ring (bicyclic) bond motifs is 1. The molecule has 9 nitrogen and oxygen atoms in total. The van der Waals surface area contributed by atoms with E-state index in [1.54, 1.807) is 6.33 Å². The van der Waals surface area contributed by atoms with Crippen LogP contribution in [0.25, 0.3) is 11.2 Å². The van der Waals surface area contributed by atoms with E-state index in [1.807, 2.05) is 4.57 Å². The summed E-state index contributed by atoms with van der Waals surface area (Å²) in [5.41, 5.74) is 6.71. The molecule has 0 aromatic carbocycles. The van der Waals surface area contributed by atoms with Gasteiger partial charge in [0.2, 0.25) is 5.95 Å². The maximum Gasteiger partial charge on any atom is 0.282 e. The molecule has 0 bridgehead atoms. The molecule has 0 saturated carbocycles. The van der Waals surface area contributed by atoms with Crippen molar-refractivity contribution in [3.05, 3.63) is 11.5 Å². The first-order valence-corrected chi connectivity index (χ1v) is 7.51. The van der Waals surface area contributed by atoms with Gasteiger partial charge in [-0.15, -0.1) is 0 Å². The maximum absolute atomic E-state index is 6.50. The van der Waals surface area contributed by atoms with Crippen molar-refractivity contribution in [1.29, 1.82) is 0 Å². The number of nitrogen functional groups attached to an aromatic ring is 1. The number of ether oxygens (including phenoxy) is 1. The molecule has 1 saturated heterocycles. The Morgan fingerprint density at radius 1 is 1.44 bits per heavy atom. The van der Waals surface area contributed by atoms with Gasteiger partial charge in [0.05, 0.1) is 19.0 Å². The van der Waals surface area contributed by atoms with Crippen LogP contribution in [0.1, 0.15) is 19.6 Å². The van der Waals surface area contributed by atoms with Gasteiger partial charge >= 0.3 is 0 Å². The minimum atomic E-state index is -0.203. The molecule has 3 atom stereocenters. The van der Waals surface area contributed by atoms with Crippen LogP contribution in [0.3, 0.4) is 0 Å². The van der Waals surface area contributed by atoms with Gasteiger partial charge in [-0.25, -0.2) is 4.98 Å². The summed E-state index contributed by atoms with van der Waals surface area (Å²) in [4.78, 5) is 12.3. The first kappa shape index (κ1) is 21.7. The second-order valence-electron chi connectivity index (χ2n) is 5.13. The number of nitrogens with zero attached hydrogens (tertiary/aromatic N) is 4. The van der Waals surface area contributed by atoms with E-state index in [0.29, 0.717) is 17.8 Å². The molecule has 130 valence electrons. The first-order chi connectivity index (χ1) is 12.0. The average molecular weight is 363 g/mol. The number of hydrogen-bond acceptors (Lipinski definition) is 8. The van der Waals surface area contributed by atoms with Crippen LogP contribution in [0.15, 0.2) is 6.33 Å². The molecule has 25 heavy (non-hydrogen) atoms. The van der Waals surface area contributed by atoms with Crippen LogP contribution in [0, 0.1) is 5.92 Å². The highest BCUT2D eigenvalue weighted by Gasteiger charge is 2.34. The molecule has 3 heterocycles. The standard InChI is InChI=1S/C11H13BClN5O2.CH3BO.BHO/c1-5-2-6(3-19-12)20-10(5)18-4-15-7-8(13)16-11(14)17-9(7)18;1-3-2;1-2/h4-6,10H,2-3H2,1H3,(H2,14,16,17);1H3;2H. The SMILES string of the molecule is [B]O.[B]OC.[B]OCC1CC(C)C(n2cnc3c(Cl)nc(N)nc32)O1. The molecule has 6 radical (unpaired) electrons. The minimum absolute atomic E-state index is 0.0490. The van der Waals surface area contributed by atoms with Crippen molar-refractivity contribution in [3.63, 3.8) is 0 Å². The molecule has 1 aliphatic heterocycles. The molecular weight excluding hydrogens is 346 g/mol. The van der Waals surface area contributed by atoms with Crippen LogP contribution in [0.2, 0.25) is 5.15 Å². The van der Waals surface area contributed by atoms with Crippen molar-refractivity contribution in [2.45, 2.75) is 25.7 Å². The summed E-state index contributed by atoms with van der Waals surface area (Å²) in [5.74, 6) is 0.374. The van der Waals surface area contributed by atoms with Crippen molar-refractivity contribution in [1.82, 2.24) is 19.5 Å². The van der Waals surface area contributed by atoms with Gasteiger partial charge in [0.25, 0.3) is 24.1 Å². The Hall–Kier alpha value is -1.33. The summed E-state index contributed by atoms with van der Waals surface area (Å²) in [7, 11) is 14.3. The van der Waals surface area contributed by atoms with Crippen LogP contribution in [-0.2, 0) is 14.0 Å². The highest BCUT2D eigenvalue weighted by molar-refractivity contribution is 6.33. The lowest BCUT2D eigenvalue weighted by atomic mass is 10.1. The van der Waals surface area contributed by atoms with Crippen molar-refractivity contribution in [2.75, 3.05) is 19.5 Å². The monoisotopic (exact) mass is 363 g/mol. The van der Waals surface area contributed by atoms with E-state index in [1.165, 1.54) is 7.11 Å². The molecule has 13 heteroatoms. The number of halogens is 1. The first-order valence-electron chi connectivity index (χ1n) is 7.13. The summed E-state index contributed by atoms with van der Waals surface area (Å²) in [6.07, 6.45) is 2.23. The minimum Gasteiger partial charge on any atom is -0.461 e. The van der Waals surface area contributed by atoms with E-state index in [9.17, 15) is 0 Å². The lowest BCUT2D eigenvalue weighted by Crippen LogP contribution is -2.16. The van der Waals surface area contributed by atoms with Gasteiger partial charge in [-0.05, 0) is 6.42 Å².